The van der Waals surface area contributed by atoms with Crippen LogP contribution in [0.25, 0.3) is 10.9 Å². The molecule has 0 aliphatic rings. The van der Waals surface area contributed by atoms with E-state index in [1.54, 1.807) is 23.2 Å². The highest BCUT2D eigenvalue weighted by molar-refractivity contribution is 7.89. The number of rotatable bonds is 5. The number of halogens is 3. The molecule has 0 fully saturated rings. The number of amides is 1. The van der Waals surface area contributed by atoms with Crippen molar-refractivity contribution >= 4 is 26.8 Å². The molecule has 7 nitrogen and oxygen atoms in total. The van der Waals surface area contributed by atoms with E-state index >= 15 is 0 Å². The Morgan fingerprint density at radius 2 is 1.81 bits per heavy atom. The molecule has 11 heteroatoms. The molecule has 1 heterocycles. The van der Waals surface area contributed by atoms with Crippen LogP contribution in [0.5, 0.6) is 5.75 Å². The Bertz CT molecular complexity index is 1090. The number of para-hydroxylation sites is 1. The number of benzene rings is 2. The molecule has 0 saturated heterocycles. The molecule has 1 aromatic heterocycles. The summed E-state index contributed by atoms with van der Waals surface area (Å²) >= 11 is 0. The van der Waals surface area contributed by atoms with E-state index in [9.17, 15) is 26.4 Å². The summed E-state index contributed by atoms with van der Waals surface area (Å²) in [6, 6.07) is 10.5. The summed E-state index contributed by atoms with van der Waals surface area (Å²) in [5, 5.41) is 0.731. The van der Waals surface area contributed by atoms with Crippen LogP contribution in [-0.2, 0) is 10.0 Å². The Balaban J connectivity index is 1.78. The number of carbonyl (C=O) groups excluding carboxylic acids is 1. The van der Waals surface area contributed by atoms with Crippen molar-refractivity contribution in [3.05, 3.63) is 60.3 Å². The zero-order valence-corrected chi connectivity index (χ0v) is 14.2. The number of sulfonamides is 1. The maximum Gasteiger partial charge on any atom is 0.573 e. The van der Waals surface area contributed by atoms with Crippen LogP contribution in [0, 0.1) is 0 Å². The van der Waals surface area contributed by atoms with Gasteiger partial charge in [0.1, 0.15) is 10.6 Å². The largest absolute Gasteiger partial charge is 0.573 e. The summed E-state index contributed by atoms with van der Waals surface area (Å²) in [4.78, 5) is 16.1. The fourth-order valence-corrected chi connectivity index (χ4v) is 3.29. The van der Waals surface area contributed by atoms with E-state index in [2.05, 4.69) is 9.72 Å². The van der Waals surface area contributed by atoms with Gasteiger partial charge in [0.25, 0.3) is 15.9 Å². The predicted octanol–water partition coefficient (Wildman–Crippen LogP) is 2.69. The maximum atomic E-state index is 12.4. The number of hydrazine groups is 1. The Hall–Kier alpha value is -3.05. The Morgan fingerprint density at radius 1 is 1.07 bits per heavy atom. The first-order valence-electron chi connectivity index (χ1n) is 7.40. The molecule has 3 rings (SSSR count). The highest BCUT2D eigenvalue weighted by atomic mass is 32.2. The van der Waals surface area contributed by atoms with E-state index in [-0.39, 0.29) is 5.56 Å². The fraction of sp³-hybridized carbons (Fsp3) is 0.0625. The third kappa shape index (κ3) is 4.38. The first-order valence-corrected chi connectivity index (χ1v) is 8.88. The number of hydrogen-bond acceptors (Lipinski definition) is 4. The molecule has 0 bridgehead atoms. The first-order chi connectivity index (χ1) is 12.7. The molecular formula is C16H12F3N3O4S. The Kier molecular flexibility index (Phi) is 4.81. The van der Waals surface area contributed by atoms with Crippen molar-refractivity contribution in [2.24, 2.45) is 0 Å². The zero-order valence-electron chi connectivity index (χ0n) is 13.4. The second-order valence-electron chi connectivity index (χ2n) is 5.33. The van der Waals surface area contributed by atoms with E-state index in [1.165, 1.54) is 24.3 Å². The lowest BCUT2D eigenvalue weighted by atomic mass is 10.1. The minimum absolute atomic E-state index is 0.157. The lowest BCUT2D eigenvalue weighted by Crippen LogP contribution is -2.41. The number of aromatic amines is 1. The summed E-state index contributed by atoms with van der Waals surface area (Å²) in [6.45, 7) is 0. The molecular weight excluding hydrogens is 387 g/mol. The van der Waals surface area contributed by atoms with E-state index in [0.29, 0.717) is 0 Å². The molecule has 2 aromatic carbocycles. The standard InChI is InChI=1S/C16H12F3N3O4S/c17-16(18,19)26-13-3-1-2-4-14(13)27(24,25)22-21-15(23)11-5-6-12-10(9-11)7-8-20-12/h1-9,20,22H,(H,21,23). The highest BCUT2D eigenvalue weighted by Gasteiger charge is 2.34. The number of H-pyrrole nitrogens is 1. The summed E-state index contributed by atoms with van der Waals surface area (Å²) in [5.41, 5.74) is 2.90. The number of ether oxygens (including phenoxy) is 1. The number of alkyl halides is 3. The number of hydrogen-bond donors (Lipinski definition) is 3. The Morgan fingerprint density at radius 3 is 2.56 bits per heavy atom. The van der Waals surface area contributed by atoms with Crippen molar-refractivity contribution in [3.8, 4) is 5.75 Å². The molecule has 142 valence electrons. The van der Waals surface area contributed by atoms with Gasteiger partial charge in [-0.25, -0.2) is 8.42 Å². The molecule has 0 spiro atoms. The molecule has 0 radical (unpaired) electrons. The molecule has 0 atom stereocenters. The van der Waals surface area contributed by atoms with Crippen molar-refractivity contribution in [1.82, 2.24) is 15.2 Å². The van der Waals surface area contributed by atoms with Crippen molar-refractivity contribution < 1.29 is 31.1 Å². The van der Waals surface area contributed by atoms with Gasteiger partial charge in [-0.1, -0.05) is 12.1 Å². The molecule has 0 unspecified atom stereocenters. The second-order valence-corrected chi connectivity index (χ2v) is 6.98. The third-order valence-corrected chi connectivity index (χ3v) is 4.77. The SMILES string of the molecule is O=C(NNS(=O)(=O)c1ccccc1OC(F)(F)F)c1ccc2[nH]ccc2c1. The van der Waals surface area contributed by atoms with Crippen LogP contribution in [0.15, 0.2) is 59.6 Å². The van der Waals surface area contributed by atoms with Gasteiger partial charge in [-0.05, 0) is 36.4 Å². The van der Waals surface area contributed by atoms with Crippen LogP contribution in [0.4, 0.5) is 13.2 Å². The van der Waals surface area contributed by atoms with Gasteiger partial charge in [-0.15, -0.1) is 18.0 Å². The van der Waals surface area contributed by atoms with E-state index in [1.807, 2.05) is 5.43 Å². The van der Waals surface area contributed by atoms with E-state index < -0.39 is 32.9 Å². The number of nitrogens with one attached hydrogen (secondary N) is 3. The molecule has 1 amide bonds. The first kappa shape index (κ1) is 18.7. The number of aromatic nitrogens is 1. The van der Waals surface area contributed by atoms with Crippen molar-refractivity contribution in [2.75, 3.05) is 0 Å². The highest BCUT2D eigenvalue weighted by Crippen LogP contribution is 2.29. The molecule has 27 heavy (non-hydrogen) atoms. The van der Waals surface area contributed by atoms with E-state index in [0.717, 1.165) is 23.0 Å². The van der Waals surface area contributed by atoms with Gasteiger partial charge in [0.2, 0.25) is 0 Å². The normalized spacial score (nSPS) is 12.1. The van der Waals surface area contributed by atoms with Crippen LogP contribution in [-0.4, -0.2) is 25.7 Å². The Labute approximate surface area is 151 Å². The maximum absolute atomic E-state index is 12.4. The lowest BCUT2D eigenvalue weighted by molar-refractivity contribution is -0.275. The van der Waals surface area contributed by atoms with Gasteiger partial charge < -0.3 is 9.72 Å². The number of carbonyl (C=O) groups is 1. The lowest BCUT2D eigenvalue weighted by Gasteiger charge is -2.14. The molecule has 3 N–H and O–H groups in total. The van der Waals surface area contributed by atoms with Gasteiger partial charge >= 0.3 is 6.36 Å². The van der Waals surface area contributed by atoms with Crippen LogP contribution in [0.3, 0.4) is 0 Å². The quantitative estimate of drug-likeness (QED) is 0.575. The average molecular weight is 399 g/mol. The summed E-state index contributed by atoms with van der Waals surface area (Å²) in [5.74, 6) is -1.70. The number of fused-ring (bicyclic) bond motifs is 1. The van der Waals surface area contributed by atoms with Crippen LogP contribution < -0.4 is 15.0 Å². The molecule has 0 aliphatic heterocycles. The summed E-state index contributed by atoms with van der Waals surface area (Å²) < 4.78 is 65.6. The monoisotopic (exact) mass is 399 g/mol. The van der Waals surface area contributed by atoms with E-state index in [4.69, 9.17) is 0 Å². The average Bonchev–Trinajstić information content (AvgIpc) is 3.06. The second kappa shape index (κ2) is 6.93. The zero-order chi connectivity index (χ0) is 19.7. The minimum Gasteiger partial charge on any atom is -0.404 e. The summed E-state index contributed by atoms with van der Waals surface area (Å²) in [7, 11) is -4.51. The predicted molar refractivity (Wildman–Crippen MR) is 89.2 cm³/mol. The summed E-state index contributed by atoms with van der Waals surface area (Å²) in [6.07, 6.45) is -3.40. The van der Waals surface area contributed by atoms with Crippen molar-refractivity contribution in [3.63, 3.8) is 0 Å². The van der Waals surface area contributed by atoms with Gasteiger partial charge in [0, 0.05) is 22.7 Å². The molecule has 0 aliphatic carbocycles. The fourth-order valence-electron chi connectivity index (χ4n) is 2.32. The van der Waals surface area contributed by atoms with Gasteiger partial charge in [-0.2, -0.15) is 0 Å². The van der Waals surface area contributed by atoms with Crippen molar-refractivity contribution in [2.45, 2.75) is 11.3 Å². The smallest absolute Gasteiger partial charge is 0.404 e. The minimum atomic E-state index is -5.07. The van der Waals surface area contributed by atoms with Crippen molar-refractivity contribution in [1.29, 1.82) is 0 Å². The molecule has 0 saturated carbocycles. The van der Waals surface area contributed by atoms with Crippen LogP contribution >= 0.6 is 0 Å². The van der Waals surface area contributed by atoms with Crippen LogP contribution in [0.1, 0.15) is 10.4 Å². The van der Waals surface area contributed by atoms with Gasteiger partial charge in [-0.3, -0.25) is 10.2 Å². The van der Waals surface area contributed by atoms with Gasteiger partial charge in [0.05, 0.1) is 0 Å². The third-order valence-electron chi connectivity index (χ3n) is 3.48. The van der Waals surface area contributed by atoms with Crippen LogP contribution in [0.2, 0.25) is 0 Å². The topological polar surface area (TPSA) is 100 Å². The van der Waals surface area contributed by atoms with Gasteiger partial charge in [0.15, 0.2) is 0 Å². The molecule has 3 aromatic rings.